The van der Waals surface area contributed by atoms with E-state index in [1.165, 1.54) is 0 Å². The number of aliphatic carboxylic acids is 3. The molecule has 7 nitrogen and oxygen atoms in total. The maximum atomic E-state index is 10.3. The van der Waals surface area contributed by atoms with E-state index >= 15 is 0 Å². The summed E-state index contributed by atoms with van der Waals surface area (Å²) in [5.41, 5.74) is -2.74. The fourth-order valence-electron chi connectivity index (χ4n) is 0.714. The molecule has 0 fully saturated rings. The first-order valence-corrected chi connectivity index (χ1v) is 3.17. The Morgan fingerprint density at radius 2 is 1.13 bits per heavy atom. The van der Waals surface area contributed by atoms with Crippen molar-refractivity contribution in [2.75, 3.05) is 0 Å². The Balaban J connectivity index is -0.000000720. The van der Waals surface area contributed by atoms with Crippen molar-refractivity contribution < 1.29 is 34.8 Å². The van der Waals surface area contributed by atoms with Gasteiger partial charge in [0.05, 0.1) is 12.8 Å². The molecule has 0 aromatic carbocycles. The first kappa shape index (κ1) is 20.4. The third kappa shape index (κ3) is 7.85. The van der Waals surface area contributed by atoms with Crippen molar-refractivity contribution in [3.63, 3.8) is 0 Å². The van der Waals surface area contributed by atoms with E-state index in [-0.39, 0.29) is 47.8 Å². The monoisotopic (exact) mass is 432 g/mol. The molecule has 0 aliphatic heterocycles. The van der Waals surface area contributed by atoms with E-state index in [1.807, 2.05) is 0 Å². The van der Waals surface area contributed by atoms with Crippen LogP contribution in [0.25, 0.3) is 0 Å². The van der Waals surface area contributed by atoms with Crippen LogP contribution in [0.1, 0.15) is 12.8 Å². The predicted molar refractivity (Wildman–Crippen MR) is 48.6 cm³/mol. The minimum atomic E-state index is -2.74. The average Bonchev–Trinajstić information content (AvgIpc) is 1.82. The first-order valence-electron chi connectivity index (χ1n) is 3.17. The molecule has 15 heavy (non-hydrogen) atoms. The molecule has 0 aliphatic rings. The van der Waals surface area contributed by atoms with E-state index in [4.69, 9.17) is 20.4 Å². The zero-order chi connectivity index (χ0) is 10.6. The summed E-state index contributed by atoms with van der Waals surface area (Å²) in [5.74, 6) is -5.02. The second-order valence-corrected chi connectivity index (χ2v) is 2.48. The van der Waals surface area contributed by atoms with Crippen LogP contribution in [0.2, 0.25) is 0 Å². The number of hydrogen-bond donors (Lipinski definition) is 4. The van der Waals surface area contributed by atoms with Gasteiger partial charge in [-0.1, -0.05) is 0 Å². The summed E-state index contributed by atoms with van der Waals surface area (Å²) in [6.45, 7) is 0. The largest absolute Gasteiger partial charge is 0.481 e. The number of hydrogen-bond acceptors (Lipinski definition) is 4. The summed E-state index contributed by atoms with van der Waals surface area (Å²) in [6, 6.07) is 0. The summed E-state index contributed by atoms with van der Waals surface area (Å²) in [4.78, 5) is 30.5. The minimum Gasteiger partial charge on any atom is -0.481 e. The average molecular weight is 430 g/mol. The van der Waals surface area contributed by atoms with Crippen LogP contribution >= 0.6 is 0 Å². The molecule has 8 radical (unpaired) electrons. The molecule has 0 unspecified atom stereocenters. The molecule has 0 aromatic rings. The first-order chi connectivity index (χ1) is 5.78. The van der Waals surface area contributed by atoms with Gasteiger partial charge in [0, 0.05) is 47.8 Å². The quantitative estimate of drug-likeness (QED) is 0.371. The van der Waals surface area contributed by atoms with E-state index < -0.39 is 36.4 Å². The third-order valence-electron chi connectivity index (χ3n) is 1.29. The molecule has 0 spiro atoms. The summed E-state index contributed by atoms with van der Waals surface area (Å²) in [6.07, 6.45) is -2.29. The second kappa shape index (κ2) is 8.16. The summed E-state index contributed by atoms with van der Waals surface area (Å²) < 4.78 is 0. The topological polar surface area (TPSA) is 132 Å². The van der Waals surface area contributed by atoms with E-state index in [0.717, 1.165) is 0 Å². The molecule has 0 saturated carbocycles. The van der Waals surface area contributed by atoms with Gasteiger partial charge in [0.1, 0.15) is 0 Å². The van der Waals surface area contributed by atoms with E-state index in [2.05, 4.69) is 0 Å². The van der Waals surface area contributed by atoms with Gasteiger partial charge in [-0.2, -0.15) is 0 Å². The van der Waals surface area contributed by atoms with Crippen LogP contribution in [-0.4, -0.2) is 91.8 Å². The van der Waals surface area contributed by atoms with Gasteiger partial charge in [-0.15, -0.1) is 0 Å². The molecule has 0 amide bonds. The molecule has 0 atom stereocenters. The van der Waals surface area contributed by atoms with Crippen molar-refractivity contribution in [1.82, 2.24) is 0 Å². The molecular weight excluding hydrogens is 421 g/mol. The Morgan fingerprint density at radius 3 is 1.27 bits per heavy atom. The molecule has 0 saturated heterocycles. The Morgan fingerprint density at radius 1 is 0.867 bits per heavy atom. The van der Waals surface area contributed by atoms with Crippen LogP contribution in [0.5, 0.6) is 0 Å². The van der Waals surface area contributed by atoms with Crippen molar-refractivity contribution in [2.45, 2.75) is 18.4 Å². The Kier molecular flexibility index (Phi) is 11.1. The van der Waals surface area contributed by atoms with Crippen LogP contribution in [0.15, 0.2) is 0 Å². The van der Waals surface area contributed by atoms with Crippen LogP contribution in [0.3, 0.4) is 0 Å². The van der Waals surface area contributed by atoms with Crippen LogP contribution in [0, 0.1) is 0 Å². The third-order valence-corrected chi connectivity index (χ3v) is 1.29. The van der Waals surface area contributed by atoms with Crippen LogP contribution < -0.4 is 0 Å². The minimum absolute atomic E-state index is 0. The molecule has 9 heteroatoms. The Labute approximate surface area is 118 Å². The zero-order valence-corrected chi connectivity index (χ0v) is 13.1. The predicted octanol–water partition coefficient (Wildman–Crippen LogP) is -2.01. The molecule has 82 valence electrons. The molecule has 0 bridgehead atoms. The second-order valence-electron chi connectivity index (χ2n) is 2.48. The van der Waals surface area contributed by atoms with Gasteiger partial charge in [-0.3, -0.25) is 9.59 Å². The smallest absolute Gasteiger partial charge is 0.336 e. The maximum absolute atomic E-state index is 10.3. The number of aliphatic hydroxyl groups is 1. The fourth-order valence-corrected chi connectivity index (χ4v) is 0.714. The zero-order valence-electron chi connectivity index (χ0n) is 7.43. The number of carboxylic acid groups (broad SMARTS) is 3. The summed E-state index contributed by atoms with van der Waals surface area (Å²) in [7, 11) is 0. The Hall–Kier alpha value is -0.0326. The van der Waals surface area contributed by atoms with Crippen molar-refractivity contribution in [3.05, 3.63) is 0 Å². The van der Waals surface area contributed by atoms with Crippen LogP contribution in [0.4, 0.5) is 0 Å². The van der Waals surface area contributed by atoms with Gasteiger partial charge in [-0.25, -0.2) is 4.79 Å². The van der Waals surface area contributed by atoms with Gasteiger partial charge < -0.3 is 20.4 Å². The molecular formula is C6H8O7Sn2. The SMILES string of the molecule is O=C(O)CC(O)(CC(=O)O)C(=O)O.[Sn].[Sn]. The van der Waals surface area contributed by atoms with Crippen molar-refractivity contribution >= 4 is 65.7 Å². The van der Waals surface area contributed by atoms with Gasteiger partial charge in [0.25, 0.3) is 0 Å². The number of carbonyl (C=O) groups is 3. The standard InChI is InChI=1S/C6H8O7.2Sn/c7-3(8)1-6(13,5(11)12)2-4(9)10;;/h13H,1-2H2,(H,7,8)(H,9,10)(H,11,12);;. The molecule has 0 heterocycles. The van der Waals surface area contributed by atoms with E-state index in [0.29, 0.717) is 0 Å². The van der Waals surface area contributed by atoms with Crippen molar-refractivity contribution in [1.29, 1.82) is 0 Å². The molecule has 0 aliphatic carbocycles. The normalized spacial score (nSPS) is 9.40. The number of rotatable bonds is 5. The van der Waals surface area contributed by atoms with E-state index in [1.54, 1.807) is 0 Å². The molecule has 4 N–H and O–H groups in total. The van der Waals surface area contributed by atoms with Gasteiger partial charge in [-0.05, 0) is 0 Å². The fraction of sp³-hybridized carbons (Fsp3) is 0.500. The summed E-state index contributed by atoms with van der Waals surface area (Å²) in [5, 5.41) is 33.8. The van der Waals surface area contributed by atoms with Crippen molar-refractivity contribution in [3.8, 4) is 0 Å². The van der Waals surface area contributed by atoms with Gasteiger partial charge >= 0.3 is 17.9 Å². The van der Waals surface area contributed by atoms with Crippen molar-refractivity contribution in [2.24, 2.45) is 0 Å². The summed E-state index contributed by atoms with van der Waals surface area (Å²) >= 11 is 0. The molecule has 0 rings (SSSR count). The van der Waals surface area contributed by atoms with Crippen LogP contribution in [-0.2, 0) is 14.4 Å². The molecule has 0 aromatic heterocycles. The van der Waals surface area contributed by atoms with Gasteiger partial charge in [0.15, 0.2) is 5.60 Å². The number of carboxylic acids is 3. The Bertz CT molecular complexity index is 236. The maximum Gasteiger partial charge on any atom is 0.336 e. The van der Waals surface area contributed by atoms with Gasteiger partial charge in [0.2, 0.25) is 0 Å². The van der Waals surface area contributed by atoms with E-state index in [9.17, 15) is 14.4 Å².